The first kappa shape index (κ1) is 11.2. The Labute approximate surface area is 91.5 Å². The van der Waals surface area contributed by atoms with Crippen molar-refractivity contribution in [2.75, 3.05) is 11.9 Å². The molecule has 0 fully saturated rings. The highest BCUT2D eigenvalue weighted by atomic mass is 79.9. The number of para-hydroxylation sites is 1. The lowest BCUT2D eigenvalue weighted by Crippen LogP contribution is -2.34. The number of aliphatic hydroxyl groups is 1. The van der Waals surface area contributed by atoms with Gasteiger partial charge in [-0.15, -0.1) is 0 Å². The monoisotopic (exact) mass is 257 g/mol. The fourth-order valence-corrected chi connectivity index (χ4v) is 1.67. The Morgan fingerprint density at radius 1 is 1.50 bits per heavy atom. The van der Waals surface area contributed by atoms with Crippen molar-refractivity contribution in [3.8, 4) is 0 Å². The number of benzene rings is 1. The second-order valence-corrected chi connectivity index (χ2v) is 3.88. The van der Waals surface area contributed by atoms with E-state index in [0.717, 1.165) is 10.2 Å². The van der Waals surface area contributed by atoms with Crippen LogP contribution in [0.25, 0.3) is 0 Å². The molecule has 0 spiro atoms. The maximum absolute atomic E-state index is 11.5. The summed E-state index contributed by atoms with van der Waals surface area (Å²) in [6.07, 6.45) is -0.980. The molecule has 1 N–H and O–H groups in total. The molecule has 1 aromatic carbocycles. The predicted octanol–water partition coefficient (Wildman–Crippen LogP) is 1.79. The fraction of sp³-hybridized carbons (Fsp3) is 0.300. The topological polar surface area (TPSA) is 40.5 Å². The number of hydrogen-bond acceptors (Lipinski definition) is 2. The first-order valence-electron chi connectivity index (χ1n) is 4.24. The van der Waals surface area contributed by atoms with Crippen LogP contribution in [0.3, 0.4) is 0 Å². The molecule has 0 aliphatic carbocycles. The lowest BCUT2D eigenvalue weighted by atomic mass is 10.2. The third kappa shape index (κ3) is 2.33. The summed E-state index contributed by atoms with van der Waals surface area (Å²) in [6.45, 7) is 1.45. The van der Waals surface area contributed by atoms with E-state index in [2.05, 4.69) is 15.9 Å². The zero-order chi connectivity index (χ0) is 10.7. The number of likely N-dealkylation sites (N-methyl/N-ethyl adjacent to an activating group) is 1. The van der Waals surface area contributed by atoms with Crippen LogP contribution in [0.2, 0.25) is 0 Å². The van der Waals surface area contributed by atoms with Crippen LogP contribution in [0.15, 0.2) is 28.7 Å². The molecule has 76 valence electrons. The first-order valence-corrected chi connectivity index (χ1v) is 5.03. The Balaban J connectivity index is 2.95. The molecule has 0 aliphatic heterocycles. The number of carbonyl (C=O) groups excluding carboxylic acids is 1. The predicted molar refractivity (Wildman–Crippen MR) is 59.2 cm³/mol. The average molecular weight is 258 g/mol. The summed E-state index contributed by atoms with van der Waals surface area (Å²) in [7, 11) is 1.63. The molecular weight excluding hydrogens is 246 g/mol. The SMILES string of the molecule is CC(O)C(=O)N(C)c1ccccc1Br. The van der Waals surface area contributed by atoms with Crippen molar-refractivity contribution in [1.82, 2.24) is 0 Å². The molecule has 3 nitrogen and oxygen atoms in total. The van der Waals surface area contributed by atoms with E-state index in [-0.39, 0.29) is 5.91 Å². The largest absolute Gasteiger partial charge is 0.384 e. The molecule has 0 radical (unpaired) electrons. The Kier molecular flexibility index (Phi) is 3.66. The summed E-state index contributed by atoms with van der Waals surface area (Å²) < 4.78 is 0.830. The van der Waals surface area contributed by atoms with Crippen molar-refractivity contribution in [3.05, 3.63) is 28.7 Å². The summed E-state index contributed by atoms with van der Waals surface area (Å²) in [5.41, 5.74) is 0.749. The van der Waals surface area contributed by atoms with Crippen molar-refractivity contribution < 1.29 is 9.90 Å². The number of anilines is 1. The molecule has 0 bridgehead atoms. The highest BCUT2D eigenvalue weighted by Crippen LogP contribution is 2.24. The van der Waals surface area contributed by atoms with Crippen LogP contribution in [0.1, 0.15) is 6.92 Å². The van der Waals surface area contributed by atoms with E-state index < -0.39 is 6.10 Å². The molecule has 14 heavy (non-hydrogen) atoms. The summed E-state index contributed by atoms with van der Waals surface area (Å²) >= 11 is 3.34. The van der Waals surface area contributed by atoms with Crippen LogP contribution in [-0.2, 0) is 4.79 Å². The van der Waals surface area contributed by atoms with E-state index in [4.69, 9.17) is 5.11 Å². The van der Waals surface area contributed by atoms with Gasteiger partial charge in [0, 0.05) is 11.5 Å². The van der Waals surface area contributed by atoms with Gasteiger partial charge in [0.15, 0.2) is 0 Å². The van der Waals surface area contributed by atoms with Gasteiger partial charge in [-0.05, 0) is 35.0 Å². The summed E-state index contributed by atoms with van der Waals surface area (Å²) in [6, 6.07) is 7.37. The Bertz CT molecular complexity index is 339. The molecule has 0 aliphatic rings. The van der Waals surface area contributed by atoms with Crippen molar-refractivity contribution >= 4 is 27.5 Å². The molecule has 1 aromatic rings. The lowest BCUT2D eigenvalue weighted by Gasteiger charge is -2.19. The van der Waals surface area contributed by atoms with E-state index >= 15 is 0 Å². The lowest BCUT2D eigenvalue weighted by molar-refractivity contribution is -0.125. The molecule has 0 aromatic heterocycles. The van der Waals surface area contributed by atoms with Crippen LogP contribution in [0, 0.1) is 0 Å². The molecule has 0 heterocycles. The van der Waals surface area contributed by atoms with Crippen LogP contribution in [0.4, 0.5) is 5.69 Å². The zero-order valence-electron chi connectivity index (χ0n) is 8.07. The molecule has 1 atom stereocenters. The van der Waals surface area contributed by atoms with Gasteiger partial charge in [-0.1, -0.05) is 12.1 Å². The number of nitrogens with zero attached hydrogens (tertiary/aromatic N) is 1. The third-order valence-electron chi connectivity index (χ3n) is 1.90. The molecular formula is C10H12BrNO2. The van der Waals surface area contributed by atoms with Crippen LogP contribution in [-0.4, -0.2) is 24.2 Å². The minimum absolute atomic E-state index is 0.322. The average Bonchev–Trinajstić information content (AvgIpc) is 2.16. The highest BCUT2D eigenvalue weighted by molar-refractivity contribution is 9.10. The van der Waals surface area contributed by atoms with Crippen molar-refractivity contribution in [3.63, 3.8) is 0 Å². The summed E-state index contributed by atoms with van der Waals surface area (Å²) in [5, 5.41) is 9.14. The van der Waals surface area contributed by atoms with Gasteiger partial charge in [-0.25, -0.2) is 0 Å². The smallest absolute Gasteiger partial charge is 0.255 e. The van der Waals surface area contributed by atoms with Gasteiger partial charge in [0.1, 0.15) is 6.10 Å². The minimum atomic E-state index is -0.980. The fourth-order valence-electron chi connectivity index (χ4n) is 1.12. The molecule has 0 saturated heterocycles. The number of carbonyl (C=O) groups is 1. The highest BCUT2D eigenvalue weighted by Gasteiger charge is 2.17. The van der Waals surface area contributed by atoms with E-state index in [1.165, 1.54) is 11.8 Å². The van der Waals surface area contributed by atoms with Gasteiger partial charge in [0.2, 0.25) is 0 Å². The molecule has 1 amide bonds. The minimum Gasteiger partial charge on any atom is -0.384 e. The van der Waals surface area contributed by atoms with E-state index in [1.54, 1.807) is 7.05 Å². The summed E-state index contributed by atoms with van der Waals surface area (Å²) in [4.78, 5) is 12.9. The van der Waals surface area contributed by atoms with Gasteiger partial charge in [-0.3, -0.25) is 4.79 Å². The van der Waals surface area contributed by atoms with E-state index in [0.29, 0.717) is 0 Å². The maximum atomic E-state index is 11.5. The van der Waals surface area contributed by atoms with Crippen molar-refractivity contribution in [2.24, 2.45) is 0 Å². The van der Waals surface area contributed by atoms with Crippen LogP contribution in [0.5, 0.6) is 0 Å². The third-order valence-corrected chi connectivity index (χ3v) is 2.57. The maximum Gasteiger partial charge on any atom is 0.255 e. The van der Waals surface area contributed by atoms with E-state index in [9.17, 15) is 4.79 Å². The summed E-state index contributed by atoms with van der Waals surface area (Å²) in [5.74, 6) is -0.322. The molecule has 1 unspecified atom stereocenters. The first-order chi connectivity index (χ1) is 6.54. The Morgan fingerprint density at radius 2 is 2.07 bits per heavy atom. The molecule has 4 heteroatoms. The Morgan fingerprint density at radius 3 is 2.57 bits per heavy atom. The number of halogens is 1. The van der Waals surface area contributed by atoms with Crippen LogP contribution < -0.4 is 4.90 Å². The second kappa shape index (κ2) is 4.57. The number of rotatable bonds is 2. The second-order valence-electron chi connectivity index (χ2n) is 3.02. The molecule has 1 rings (SSSR count). The standard InChI is InChI=1S/C10H12BrNO2/c1-7(13)10(14)12(2)9-6-4-3-5-8(9)11/h3-7,13H,1-2H3. The number of hydrogen-bond donors (Lipinski definition) is 1. The van der Waals surface area contributed by atoms with E-state index in [1.807, 2.05) is 24.3 Å². The van der Waals surface area contributed by atoms with Gasteiger partial charge >= 0.3 is 0 Å². The van der Waals surface area contributed by atoms with Gasteiger partial charge in [-0.2, -0.15) is 0 Å². The van der Waals surface area contributed by atoms with Gasteiger partial charge in [0.05, 0.1) is 5.69 Å². The Hall–Kier alpha value is -0.870. The number of amides is 1. The van der Waals surface area contributed by atoms with Crippen molar-refractivity contribution in [1.29, 1.82) is 0 Å². The molecule has 0 saturated carbocycles. The van der Waals surface area contributed by atoms with Crippen LogP contribution >= 0.6 is 15.9 Å². The number of aliphatic hydroxyl groups excluding tert-OH is 1. The van der Waals surface area contributed by atoms with Gasteiger partial charge in [0.25, 0.3) is 5.91 Å². The quantitative estimate of drug-likeness (QED) is 0.878. The van der Waals surface area contributed by atoms with Gasteiger partial charge < -0.3 is 10.0 Å². The normalized spacial score (nSPS) is 12.3. The van der Waals surface area contributed by atoms with Crippen molar-refractivity contribution in [2.45, 2.75) is 13.0 Å². The zero-order valence-corrected chi connectivity index (χ0v) is 9.65.